The van der Waals surface area contributed by atoms with Crippen LogP contribution in [0.4, 0.5) is 16.5 Å². The summed E-state index contributed by atoms with van der Waals surface area (Å²) in [7, 11) is 0. The topological polar surface area (TPSA) is 104 Å². The second-order valence-corrected chi connectivity index (χ2v) is 9.07. The molecule has 8 nitrogen and oxygen atoms in total. The Morgan fingerprint density at radius 3 is 2.67 bits per heavy atom. The maximum Gasteiger partial charge on any atom is 0.257 e. The van der Waals surface area contributed by atoms with E-state index < -0.39 is 0 Å². The highest BCUT2D eigenvalue weighted by Gasteiger charge is 2.34. The van der Waals surface area contributed by atoms with Crippen LogP contribution in [0.25, 0.3) is 0 Å². The van der Waals surface area contributed by atoms with Gasteiger partial charge < -0.3 is 10.2 Å². The van der Waals surface area contributed by atoms with E-state index in [1.165, 1.54) is 16.9 Å². The van der Waals surface area contributed by atoms with Gasteiger partial charge in [-0.2, -0.15) is 0 Å². The maximum atomic E-state index is 12.7. The Bertz CT molecular complexity index is 1220. The molecule has 4 rings (SSSR count). The van der Waals surface area contributed by atoms with E-state index in [9.17, 15) is 14.4 Å². The van der Waals surface area contributed by atoms with Crippen molar-refractivity contribution in [3.05, 3.63) is 64.2 Å². The number of aromatic nitrogens is 2. The quantitative estimate of drug-likeness (QED) is 0.568. The van der Waals surface area contributed by atoms with Gasteiger partial charge in [0.1, 0.15) is 5.01 Å². The molecule has 1 aliphatic heterocycles. The molecule has 2 heterocycles. The standard InChI is InChI=1S/C24H25N5O3S/c1-4-20(30)25-18-7-5-6-16(11-18)22(32)26-24-28-27-23(33-24)17-12-21(31)29(13-17)19-9-8-14(2)15(3)10-19/h5-11,17H,4,12-13H2,1-3H3,(H,25,30)(H,26,28,32). The smallest absolute Gasteiger partial charge is 0.257 e. The Hall–Kier alpha value is -3.59. The van der Waals surface area contributed by atoms with E-state index >= 15 is 0 Å². The summed E-state index contributed by atoms with van der Waals surface area (Å²) in [6.45, 7) is 6.37. The van der Waals surface area contributed by atoms with Gasteiger partial charge in [-0.05, 0) is 55.3 Å². The number of nitrogens with zero attached hydrogens (tertiary/aromatic N) is 3. The van der Waals surface area contributed by atoms with E-state index in [1.807, 2.05) is 32.0 Å². The van der Waals surface area contributed by atoms with Crippen molar-refractivity contribution in [3.63, 3.8) is 0 Å². The van der Waals surface area contributed by atoms with Crippen molar-refractivity contribution in [2.75, 3.05) is 22.1 Å². The van der Waals surface area contributed by atoms with Gasteiger partial charge in [0.2, 0.25) is 16.9 Å². The summed E-state index contributed by atoms with van der Waals surface area (Å²) in [5.74, 6) is -0.489. The Kier molecular flexibility index (Phi) is 6.50. The number of rotatable bonds is 6. The molecular weight excluding hydrogens is 438 g/mol. The molecule has 33 heavy (non-hydrogen) atoms. The van der Waals surface area contributed by atoms with Crippen molar-refractivity contribution in [2.45, 2.75) is 39.5 Å². The van der Waals surface area contributed by atoms with Crippen LogP contribution >= 0.6 is 11.3 Å². The SMILES string of the molecule is CCC(=O)Nc1cccc(C(=O)Nc2nnc(C3CC(=O)N(c4ccc(C)c(C)c4)C3)s2)c1. The fraction of sp³-hybridized carbons (Fsp3) is 0.292. The highest BCUT2D eigenvalue weighted by Crippen LogP contribution is 2.34. The lowest BCUT2D eigenvalue weighted by atomic mass is 10.1. The van der Waals surface area contributed by atoms with E-state index in [1.54, 1.807) is 36.1 Å². The van der Waals surface area contributed by atoms with E-state index in [0.717, 1.165) is 11.3 Å². The summed E-state index contributed by atoms with van der Waals surface area (Å²) < 4.78 is 0. The first-order valence-electron chi connectivity index (χ1n) is 10.8. The number of carbonyl (C=O) groups is 3. The van der Waals surface area contributed by atoms with E-state index in [2.05, 4.69) is 20.8 Å². The summed E-state index contributed by atoms with van der Waals surface area (Å²) >= 11 is 1.27. The predicted octanol–water partition coefficient (Wildman–Crippen LogP) is 4.28. The molecule has 1 fully saturated rings. The third-order valence-corrected chi connectivity index (χ3v) is 6.67. The minimum Gasteiger partial charge on any atom is -0.326 e. The van der Waals surface area contributed by atoms with E-state index in [4.69, 9.17) is 0 Å². The molecule has 1 saturated heterocycles. The number of hydrogen-bond donors (Lipinski definition) is 2. The number of aryl methyl sites for hydroxylation is 2. The second kappa shape index (κ2) is 9.50. The lowest BCUT2D eigenvalue weighted by Crippen LogP contribution is -2.24. The first kappa shape index (κ1) is 22.6. The third-order valence-electron chi connectivity index (χ3n) is 5.67. The van der Waals surface area contributed by atoms with Gasteiger partial charge in [0, 0.05) is 42.2 Å². The van der Waals surface area contributed by atoms with Crippen LogP contribution in [0.5, 0.6) is 0 Å². The predicted molar refractivity (Wildman–Crippen MR) is 129 cm³/mol. The minimum absolute atomic E-state index is 0.0509. The van der Waals surface area contributed by atoms with Crippen LogP contribution in [0.15, 0.2) is 42.5 Å². The number of amides is 3. The molecule has 1 atom stereocenters. The molecule has 1 aromatic heterocycles. The van der Waals surface area contributed by atoms with Crippen molar-refractivity contribution in [2.24, 2.45) is 0 Å². The zero-order valence-electron chi connectivity index (χ0n) is 18.7. The fourth-order valence-corrected chi connectivity index (χ4v) is 4.45. The number of benzene rings is 2. The molecule has 0 bridgehead atoms. The lowest BCUT2D eigenvalue weighted by molar-refractivity contribution is -0.117. The summed E-state index contributed by atoms with van der Waals surface area (Å²) in [4.78, 5) is 38.7. The molecule has 1 unspecified atom stereocenters. The summed E-state index contributed by atoms with van der Waals surface area (Å²) in [5, 5.41) is 14.9. The van der Waals surface area contributed by atoms with Crippen LogP contribution in [-0.4, -0.2) is 34.5 Å². The number of nitrogens with one attached hydrogen (secondary N) is 2. The normalized spacial score (nSPS) is 15.5. The Morgan fingerprint density at radius 1 is 1.09 bits per heavy atom. The third kappa shape index (κ3) is 5.09. The summed E-state index contributed by atoms with van der Waals surface area (Å²) in [6.07, 6.45) is 0.712. The fourth-order valence-electron chi connectivity index (χ4n) is 3.62. The summed E-state index contributed by atoms with van der Waals surface area (Å²) in [6, 6.07) is 12.7. The Labute approximate surface area is 196 Å². The first-order valence-corrected chi connectivity index (χ1v) is 11.6. The molecule has 0 aliphatic carbocycles. The van der Waals surface area contributed by atoms with Crippen molar-refractivity contribution in [1.82, 2.24) is 10.2 Å². The van der Waals surface area contributed by atoms with E-state index in [0.29, 0.717) is 40.8 Å². The monoisotopic (exact) mass is 463 g/mol. The van der Waals surface area contributed by atoms with Gasteiger partial charge in [0.25, 0.3) is 5.91 Å². The van der Waals surface area contributed by atoms with Crippen LogP contribution in [0.1, 0.15) is 52.2 Å². The van der Waals surface area contributed by atoms with Gasteiger partial charge in [-0.3, -0.25) is 19.7 Å². The number of carbonyl (C=O) groups excluding carboxylic acids is 3. The molecule has 0 spiro atoms. The van der Waals surface area contributed by atoms with Crippen molar-refractivity contribution in [3.8, 4) is 0 Å². The molecule has 9 heteroatoms. The summed E-state index contributed by atoms with van der Waals surface area (Å²) in [5.41, 5.74) is 4.17. The van der Waals surface area contributed by atoms with Crippen LogP contribution in [0, 0.1) is 13.8 Å². The van der Waals surface area contributed by atoms with Gasteiger partial charge in [-0.25, -0.2) is 0 Å². The first-order chi connectivity index (χ1) is 15.8. The molecule has 1 aliphatic rings. The number of hydrogen-bond acceptors (Lipinski definition) is 6. The molecule has 3 aromatic rings. The maximum absolute atomic E-state index is 12.7. The number of anilines is 3. The van der Waals surface area contributed by atoms with Gasteiger partial charge in [0.15, 0.2) is 0 Å². The molecule has 2 aromatic carbocycles. The average Bonchev–Trinajstić information content (AvgIpc) is 3.42. The molecule has 0 saturated carbocycles. The second-order valence-electron chi connectivity index (χ2n) is 8.06. The van der Waals surface area contributed by atoms with Crippen molar-refractivity contribution >= 4 is 45.6 Å². The van der Waals surface area contributed by atoms with Crippen molar-refractivity contribution in [1.29, 1.82) is 0 Å². The van der Waals surface area contributed by atoms with Crippen LogP contribution in [0.3, 0.4) is 0 Å². The van der Waals surface area contributed by atoms with Gasteiger partial charge in [0.05, 0.1) is 0 Å². The van der Waals surface area contributed by atoms with Crippen LogP contribution < -0.4 is 15.5 Å². The van der Waals surface area contributed by atoms with Gasteiger partial charge in [-0.15, -0.1) is 10.2 Å². The van der Waals surface area contributed by atoms with Gasteiger partial charge >= 0.3 is 0 Å². The largest absolute Gasteiger partial charge is 0.326 e. The Morgan fingerprint density at radius 2 is 1.91 bits per heavy atom. The van der Waals surface area contributed by atoms with Gasteiger partial charge in [-0.1, -0.05) is 30.4 Å². The molecule has 0 radical (unpaired) electrons. The minimum atomic E-state index is -0.343. The highest BCUT2D eigenvalue weighted by molar-refractivity contribution is 7.15. The van der Waals surface area contributed by atoms with Crippen molar-refractivity contribution < 1.29 is 14.4 Å². The molecule has 3 amide bonds. The zero-order chi connectivity index (χ0) is 23.5. The van der Waals surface area contributed by atoms with Crippen LogP contribution in [-0.2, 0) is 9.59 Å². The lowest BCUT2D eigenvalue weighted by Gasteiger charge is -2.17. The van der Waals surface area contributed by atoms with E-state index in [-0.39, 0.29) is 23.6 Å². The molecule has 2 N–H and O–H groups in total. The highest BCUT2D eigenvalue weighted by atomic mass is 32.1. The average molecular weight is 464 g/mol. The Balaban J connectivity index is 1.42. The van der Waals surface area contributed by atoms with Crippen LogP contribution in [0.2, 0.25) is 0 Å². The molecular formula is C24H25N5O3S. The zero-order valence-corrected chi connectivity index (χ0v) is 19.5. The molecule has 170 valence electrons.